The van der Waals surface area contributed by atoms with Crippen LogP contribution < -0.4 is 10.2 Å². The van der Waals surface area contributed by atoms with Crippen LogP contribution in [-0.4, -0.2) is 30.1 Å². The number of hydrogen-bond donors (Lipinski definition) is 1. The van der Waals surface area contributed by atoms with Gasteiger partial charge in [-0.3, -0.25) is 0 Å². The Morgan fingerprint density at radius 2 is 2.20 bits per heavy atom. The first kappa shape index (κ1) is 16.0. The van der Waals surface area contributed by atoms with Gasteiger partial charge < -0.3 is 10.2 Å². The van der Waals surface area contributed by atoms with Crippen LogP contribution in [0.15, 0.2) is 18.2 Å². The summed E-state index contributed by atoms with van der Waals surface area (Å²) in [5, 5.41) is 4.35. The van der Waals surface area contributed by atoms with Crippen molar-refractivity contribution >= 4 is 29.1 Å². The third-order valence-electron chi connectivity index (χ3n) is 3.59. The normalized spacial score (nSPS) is 18.3. The Morgan fingerprint density at radius 1 is 1.40 bits per heavy atom. The van der Waals surface area contributed by atoms with Crippen molar-refractivity contribution in [1.82, 2.24) is 5.32 Å². The molecule has 20 heavy (non-hydrogen) atoms. The molecule has 0 saturated carbocycles. The van der Waals surface area contributed by atoms with Crippen molar-refractivity contribution in [2.45, 2.75) is 38.5 Å². The lowest BCUT2D eigenvalue weighted by Crippen LogP contribution is -2.43. The molecule has 1 aliphatic rings. The molecule has 0 bridgehead atoms. The van der Waals surface area contributed by atoms with Crippen molar-refractivity contribution in [2.75, 3.05) is 30.3 Å². The standard InChI is InChI=1S/C16H25ClN2S/c1-4-8-18-11-13-14(17)6-5-7-15(13)19-9-10-20-16(2,3)12-19/h5-7,18H,4,8-12H2,1-3H3. The Labute approximate surface area is 132 Å². The van der Waals surface area contributed by atoms with Crippen LogP contribution in [0.3, 0.4) is 0 Å². The minimum Gasteiger partial charge on any atom is -0.369 e. The number of halogens is 1. The van der Waals surface area contributed by atoms with E-state index < -0.39 is 0 Å². The minimum absolute atomic E-state index is 0.314. The van der Waals surface area contributed by atoms with Crippen molar-refractivity contribution < 1.29 is 0 Å². The molecule has 0 atom stereocenters. The summed E-state index contributed by atoms with van der Waals surface area (Å²) in [5.74, 6) is 1.18. The number of nitrogens with one attached hydrogen (secondary N) is 1. The SMILES string of the molecule is CCCNCc1c(Cl)cccc1N1CCSC(C)(C)C1. The molecule has 1 fully saturated rings. The molecule has 0 radical (unpaired) electrons. The Bertz CT molecular complexity index is 448. The monoisotopic (exact) mass is 312 g/mol. The fourth-order valence-electron chi connectivity index (χ4n) is 2.63. The smallest absolute Gasteiger partial charge is 0.0471 e. The van der Waals surface area contributed by atoms with Gasteiger partial charge in [0.25, 0.3) is 0 Å². The second-order valence-electron chi connectivity index (χ2n) is 5.94. The lowest BCUT2D eigenvalue weighted by Gasteiger charge is -2.40. The summed E-state index contributed by atoms with van der Waals surface area (Å²) in [6.07, 6.45) is 1.15. The summed E-state index contributed by atoms with van der Waals surface area (Å²) in [5.41, 5.74) is 2.54. The Morgan fingerprint density at radius 3 is 2.90 bits per heavy atom. The zero-order valence-electron chi connectivity index (χ0n) is 12.7. The second kappa shape index (κ2) is 7.06. The molecule has 112 valence electrons. The first-order valence-corrected chi connectivity index (χ1v) is 8.77. The predicted octanol–water partition coefficient (Wildman–Crippen LogP) is 4.17. The van der Waals surface area contributed by atoms with Crippen LogP contribution in [0.25, 0.3) is 0 Å². The first-order chi connectivity index (χ1) is 9.53. The molecule has 0 aromatic heterocycles. The number of hydrogen-bond acceptors (Lipinski definition) is 3. The topological polar surface area (TPSA) is 15.3 Å². The van der Waals surface area contributed by atoms with Gasteiger partial charge in [-0.25, -0.2) is 0 Å². The molecule has 1 aromatic rings. The van der Waals surface area contributed by atoms with Gasteiger partial charge in [-0.15, -0.1) is 0 Å². The van der Waals surface area contributed by atoms with Crippen molar-refractivity contribution in [3.05, 3.63) is 28.8 Å². The van der Waals surface area contributed by atoms with Gasteiger partial charge in [-0.1, -0.05) is 24.6 Å². The van der Waals surface area contributed by atoms with E-state index >= 15 is 0 Å². The van der Waals surface area contributed by atoms with E-state index in [0.717, 1.165) is 37.6 Å². The van der Waals surface area contributed by atoms with E-state index in [4.69, 9.17) is 11.6 Å². The fraction of sp³-hybridized carbons (Fsp3) is 0.625. The maximum atomic E-state index is 6.43. The number of rotatable bonds is 5. The number of anilines is 1. The molecule has 0 aliphatic carbocycles. The molecule has 2 rings (SSSR count). The quantitative estimate of drug-likeness (QED) is 0.821. The van der Waals surface area contributed by atoms with Gasteiger partial charge in [0.15, 0.2) is 0 Å². The van der Waals surface area contributed by atoms with E-state index in [9.17, 15) is 0 Å². The minimum atomic E-state index is 0.314. The molecule has 0 unspecified atom stereocenters. The van der Waals surface area contributed by atoms with Crippen LogP contribution in [0.2, 0.25) is 5.02 Å². The van der Waals surface area contributed by atoms with Gasteiger partial charge in [0.1, 0.15) is 0 Å². The van der Waals surface area contributed by atoms with Gasteiger partial charge in [-0.2, -0.15) is 11.8 Å². The third-order valence-corrected chi connectivity index (χ3v) is 5.24. The highest BCUT2D eigenvalue weighted by Crippen LogP contribution is 2.35. The van der Waals surface area contributed by atoms with Crippen LogP contribution >= 0.6 is 23.4 Å². The molecule has 4 heteroatoms. The van der Waals surface area contributed by atoms with Gasteiger partial charge in [-0.05, 0) is 38.9 Å². The maximum absolute atomic E-state index is 6.43. The zero-order valence-corrected chi connectivity index (χ0v) is 14.3. The van der Waals surface area contributed by atoms with Crippen molar-refractivity contribution in [2.24, 2.45) is 0 Å². The molecule has 2 nitrogen and oxygen atoms in total. The largest absolute Gasteiger partial charge is 0.369 e. The van der Waals surface area contributed by atoms with E-state index in [1.165, 1.54) is 17.0 Å². The third kappa shape index (κ3) is 4.06. The van der Waals surface area contributed by atoms with E-state index in [2.05, 4.69) is 54.9 Å². The maximum Gasteiger partial charge on any atom is 0.0471 e. The fourth-order valence-corrected chi connectivity index (χ4v) is 3.98. The summed E-state index contributed by atoms with van der Waals surface area (Å²) < 4.78 is 0.314. The predicted molar refractivity (Wildman–Crippen MR) is 92.2 cm³/mol. The Hall–Kier alpha value is -0.380. The van der Waals surface area contributed by atoms with Crippen molar-refractivity contribution in [1.29, 1.82) is 0 Å². The van der Waals surface area contributed by atoms with Crippen molar-refractivity contribution in [3.63, 3.8) is 0 Å². The van der Waals surface area contributed by atoms with Crippen LogP contribution in [0.1, 0.15) is 32.8 Å². The highest BCUT2D eigenvalue weighted by Gasteiger charge is 2.28. The first-order valence-electron chi connectivity index (χ1n) is 7.40. The highest BCUT2D eigenvalue weighted by atomic mass is 35.5. The molecule has 1 saturated heterocycles. The summed E-state index contributed by atoms with van der Waals surface area (Å²) in [4.78, 5) is 2.49. The molecule has 1 N–H and O–H groups in total. The molecule has 1 aliphatic heterocycles. The molecular formula is C16H25ClN2S. The lowest BCUT2D eigenvalue weighted by molar-refractivity contribution is 0.637. The van der Waals surface area contributed by atoms with Gasteiger partial charge >= 0.3 is 0 Å². The molecule has 1 heterocycles. The van der Waals surface area contributed by atoms with Crippen LogP contribution in [0, 0.1) is 0 Å². The number of benzene rings is 1. The van der Waals surface area contributed by atoms with E-state index in [1.54, 1.807) is 0 Å². The summed E-state index contributed by atoms with van der Waals surface area (Å²) >= 11 is 8.49. The Balaban J connectivity index is 2.19. The highest BCUT2D eigenvalue weighted by molar-refractivity contribution is 8.00. The average molecular weight is 313 g/mol. The zero-order chi connectivity index (χ0) is 14.6. The van der Waals surface area contributed by atoms with Crippen LogP contribution in [0.5, 0.6) is 0 Å². The van der Waals surface area contributed by atoms with Gasteiger partial charge in [0.05, 0.1) is 0 Å². The Kier molecular flexibility index (Phi) is 5.65. The van der Waals surface area contributed by atoms with Crippen LogP contribution in [-0.2, 0) is 6.54 Å². The van der Waals surface area contributed by atoms with Gasteiger partial charge in [0.2, 0.25) is 0 Å². The second-order valence-corrected chi connectivity index (χ2v) is 8.15. The van der Waals surface area contributed by atoms with E-state index in [-0.39, 0.29) is 0 Å². The number of nitrogens with zero attached hydrogens (tertiary/aromatic N) is 1. The molecule has 0 amide bonds. The molecule has 1 aromatic carbocycles. The van der Waals surface area contributed by atoms with Crippen molar-refractivity contribution in [3.8, 4) is 0 Å². The average Bonchev–Trinajstić information content (AvgIpc) is 2.39. The molecular weight excluding hydrogens is 288 g/mol. The summed E-state index contributed by atoms with van der Waals surface area (Å²) in [7, 11) is 0. The number of thioether (sulfide) groups is 1. The summed E-state index contributed by atoms with van der Waals surface area (Å²) in [6, 6.07) is 6.27. The summed E-state index contributed by atoms with van der Waals surface area (Å²) in [6.45, 7) is 10.9. The lowest BCUT2D eigenvalue weighted by atomic mass is 10.1. The van der Waals surface area contributed by atoms with E-state index in [1.807, 2.05) is 6.07 Å². The van der Waals surface area contributed by atoms with E-state index in [0.29, 0.717) is 4.75 Å². The van der Waals surface area contributed by atoms with Gasteiger partial charge in [0, 0.05) is 46.4 Å². The van der Waals surface area contributed by atoms with Crippen LogP contribution in [0.4, 0.5) is 5.69 Å². The molecule has 0 spiro atoms.